The first-order valence-corrected chi connectivity index (χ1v) is 24.8. The molecule has 0 bridgehead atoms. The van der Waals surface area contributed by atoms with Crippen molar-refractivity contribution < 1.29 is 4.74 Å². The van der Waals surface area contributed by atoms with E-state index in [1.807, 2.05) is 22.7 Å². The van der Waals surface area contributed by atoms with Crippen molar-refractivity contribution in [2.24, 2.45) is 0 Å². The van der Waals surface area contributed by atoms with Gasteiger partial charge in [-0.05, 0) is 131 Å². The van der Waals surface area contributed by atoms with Crippen LogP contribution < -0.4 is 4.74 Å². The summed E-state index contributed by atoms with van der Waals surface area (Å²) in [6, 6.07) is 74.6. The molecule has 3 heterocycles. The van der Waals surface area contributed by atoms with Crippen molar-refractivity contribution in [2.75, 3.05) is 0 Å². The summed E-state index contributed by atoms with van der Waals surface area (Å²) in [6.45, 7) is 0. The third kappa shape index (κ3) is 5.47. The van der Waals surface area contributed by atoms with Gasteiger partial charge in [0, 0.05) is 57.4 Å². The predicted molar refractivity (Wildman–Crippen MR) is 289 cm³/mol. The number of hydrogen-bond donors (Lipinski definition) is 0. The molecule has 1 nitrogen and oxygen atoms in total. The van der Waals surface area contributed by atoms with Crippen molar-refractivity contribution in [1.82, 2.24) is 0 Å². The van der Waals surface area contributed by atoms with Crippen LogP contribution in [0.25, 0.3) is 122 Å². The molecular formula is C64H38OS2. The van der Waals surface area contributed by atoms with Gasteiger partial charge in [0.15, 0.2) is 0 Å². The second kappa shape index (κ2) is 14.3. The van der Waals surface area contributed by atoms with Crippen LogP contribution in [0.15, 0.2) is 218 Å². The van der Waals surface area contributed by atoms with Gasteiger partial charge in [-0.3, -0.25) is 0 Å². The fraction of sp³-hybridized carbons (Fsp3) is 0.0312. The number of ether oxygens (including phenoxy) is 1. The average Bonchev–Trinajstić information content (AvgIpc) is 4.08. The molecule has 0 fully saturated rings. The number of hydrogen-bond acceptors (Lipinski definition) is 3. The number of benzene rings is 11. The Balaban J connectivity index is 0.869. The van der Waals surface area contributed by atoms with E-state index in [0.29, 0.717) is 0 Å². The summed E-state index contributed by atoms with van der Waals surface area (Å²) in [4.78, 5) is 0. The van der Waals surface area contributed by atoms with Crippen LogP contribution >= 0.6 is 22.7 Å². The summed E-state index contributed by atoms with van der Waals surface area (Å²) in [5, 5.41) is 15.3. The lowest BCUT2D eigenvalue weighted by molar-refractivity contribution is 0.278. The van der Waals surface area contributed by atoms with Crippen LogP contribution in [0.3, 0.4) is 0 Å². The molecule has 1 aliphatic heterocycles. The van der Waals surface area contributed by atoms with E-state index in [-0.39, 0.29) is 12.0 Å². The lowest BCUT2D eigenvalue weighted by Crippen LogP contribution is -2.21. The topological polar surface area (TPSA) is 9.23 Å². The fourth-order valence-corrected chi connectivity index (χ4v) is 13.9. The first-order valence-electron chi connectivity index (χ1n) is 23.1. The van der Waals surface area contributed by atoms with E-state index in [9.17, 15) is 0 Å². The Morgan fingerprint density at radius 2 is 0.701 bits per heavy atom. The maximum Gasteiger partial charge on any atom is 0.135 e. The summed E-state index contributed by atoms with van der Waals surface area (Å²) in [5.74, 6) is 1.02. The second-order valence-electron chi connectivity index (χ2n) is 18.1. The van der Waals surface area contributed by atoms with Gasteiger partial charge in [-0.1, -0.05) is 170 Å². The number of thiophene rings is 2. The van der Waals surface area contributed by atoms with E-state index in [4.69, 9.17) is 4.74 Å². The van der Waals surface area contributed by atoms with Crippen molar-refractivity contribution in [3.8, 4) is 39.1 Å². The Labute approximate surface area is 394 Å². The molecule has 0 N–H and O–H groups in total. The molecule has 0 saturated heterocycles. The molecule has 3 heteroatoms. The van der Waals surface area contributed by atoms with Crippen LogP contribution in [0.2, 0.25) is 0 Å². The molecule has 0 saturated carbocycles. The van der Waals surface area contributed by atoms with E-state index < -0.39 is 0 Å². The normalized spacial score (nSPS) is 15.6. The molecule has 2 aliphatic rings. The van der Waals surface area contributed by atoms with Crippen LogP contribution in [0.5, 0.6) is 5.75 Å². The van der Waals surface area contributed by atoms with Gasteiger partial charge >= 0.3 is 0 Å². The molecule has 2 aromatic heterocycles. The zero-order valence-corrected chi connectivity index (χ0v) is 37.8. The van der Waals surface area contributed by atoms with E-state index >= 15 is 0 Å². The van der Waals surface area contributed by atoms with Crippen molar-refractivity contribution in [3.05, 3.63) is 230 Å². The zero-order chi connectivity index (χ0) is 43.7. The third-order valence-corrected chi connectivity index (χ3v) is 16.9. The Hall–Kier alpha value is -7.82. The standard InChI is InChI=1S/C64H38OS2/c1-3-18-44-42(16-1)60(43-17-2-4-19-45(43)61(44)38-29-32-58-53(35-38)40-14-9-11-26-56(40)66-58)37-28-31-55-52(34-37)50-24-13-25-51(64(50)65-55)63-48-22-7-5-20-46(48)62(47-21-6-8-23-49(47)63)39-30-33-59-54(36-39)41-15-10-12-27-57(41)67-59/h1-36,50,64H. The van der Waals surface area contributed by atoms with E-state index in [1.54, 1.807) is 0 Å². The van der Waals surface area contributed by atoms with Crippen molar-refractivity contribution in [1.29, 1.82) is 0 Å². The molecule has 67 heavy (non-hydrogen) atoms. The first-order chi connectivity index (χ1) is 33.2. The predicted octanol–water partition coefficient (Wildman–Crippen LogP) is 18.5. The molecule has 0 radical (unpaired) electrons. The molecule has 312 valence electrons. The summed E-state index contributed by atoms with van der Waals surface area (Å²) in [7, 11) is 0. The van der Waals surface area contributed by atoms with E-state index in [0.717, 1.165) is 5.75 Å². The van der Waals surface area contributed by atoms with Gasteiger partial charge in [0.2, 0.25) is 0 Å². The molecule has 11 aromatic carbocycles. The smallest absolute Gasteiger partial charge is 0.135 e. The minimum Gasteiger partial charge on any atom is -0.484 e. The van der Waals surface area contributed by atoms with Crippen LogP contribution in [0.1, 0.15) is 17.0 Å². The molecule has 0 amide bonds. The summed E-state index contributed by atoms with van der Waals surface area (Å²) in [6.07, 6.45) is 6.76. The summed E-state index contributed by atoms with van der Waals surface area (Å²) in [5.41, 5.74) is 11.2. The van der Waals surface area contributed by atoms with E-state index in [2.05, 4.69) is 218 Å². The highest BCUT2D eigenvalue weighted by molar-refractivity contribution is 7.26. The highest BCUT2D eigenvalue weighted by Crippen LogP contribution is 2.53. The Bertz CT molecular complexity index is 4220. The fourth-order valence-electron chi connectivity index (χ4n) is 11.8. The molecule has 13 aromatic rings. The average molecular weight is 887 g/mol. The van der Waals surface area contributed by atoms with Crippen molar-refractivity contribution >= 4 is 112 Å². The van der Waals surface area contributed by atoms with Gasteiger partial charge in [0.25, 0.3) is 0 Å². The molecule has 0 spiro atoms. The number of rotatable bonds is 4. The van der Waals surface area contributed by atoms with Gasteiger partial charge < -0.3 is 4.74 Å². The van der Waals surface area contributed by atoms with Crippen LogP contribution in [-0.2, 0) is 0 Å². The number of fused-ring (bicyclic) bond motifs is 13. The van der Waals surface area contributed by atoms with Gasteiger partial charge in [0.1, 0.15) is 11.9 Å². The Kier molecular flexibility index (Phi) is 8.01. The minimum absolute atomic E-state index is 0.0605. The lowest BCUT2D eigenvalue weighted by Gasteiger charge is -2.26. The molecule has 2 unspecified atom stereocenters. The maximum atomic E-state index is 7.16. The highest BCUT2D eigenvalue weighted by atomic mass is 32.1. The van der Waals surface area contributed by atoms with Gasteiger partial charge in [-0.2, -0.15) is 0 Å². The Morgan fingerprint density at radius 1 is 0.328 bits per heavy atom. The lowest BCUT2D eigenvalue weighted by atomic mass is 9.79. The summed E-state index contributed by atoms with van der Waals surface area (Å²) >= 11 is 3.74. The van der Waals surface area contributed by atoms with Crippen LogP contribution in [-0.4, -0.2) is 6.10 Å². The number of allylic oxidation sites excluding steroid dienone is 2. The van der Waals surface area contributed by atoms with Gasteiger partial charge in [-0.15, -0.1) is 22.7 Å². The van der Waals surface area contributed by atoms with Crippen LogP contribution in [0, 0.1) is 0 Å². The largest absolute Gasteiger partial charge is 0.484 e. The van der Waals surface area contributed by atoms with Gasteiger partial charge in [0.05, 0.1) is 0 Å². The molecule has 15 rings (SSSR count). The molecular weight excluding hydrogens is 849 g/mol. The molecule has 2 atom stereocenters. The SMILES string of the molecule is C1=CC2c3cc(-c4c5ccccc5c(-c5ccc6sc7ccccc7c6c5)c5ccccc45)ccc3OC2C(c2c3ccccc3c(-c3ccc4sc5ccccc5c4c3)c3ccccc23)=C1. The second-order valence-corrected chi connectivity index (χ2v) is 20.3. The maximum absolute atomic E-state index is 7.16. The summed E-state index contributed by atoms with van der Waals surface area (Å²) < 4.78 is 12.5. The quantitative estimate of drug-likeness (QED) is 0.160. The van der Waals surface area contributed by atoms with Crippen molar-refractivity contribution in [3.63, 3.8) is 0 Å². The highest BCUT2D eigenvalue weighted by Gasteiger charge is 2.39. The Morgan fingerprint density at radius 3 is 1.16 bits per heavy atom. The zero-order valence-electron chi connectivity index (χ0n) is 36.2. The minimum atomic E-state index is -0.166. The van der Waals surface area contributed by atoms with Gasteiger partial charge in [-0.25, -0.2) is 0 Å². The monoisotopic (exact) mass is 886 g/mol. The molecule has 1 aliphatic carbocycles. The van der Waals surface area contributed by atoms with Crippen LogP contribution in [0.4, 0.5) is 0 Å². The van der Waals surface area contributed by atoms with Crippen molar-refractivity contribution in [2.45, 2.75) is 12.0 Å². The third-order valence-electron chi connectivity index (χ3n) is 14.6. The first kappa shape index (κ1) is 37.4. The van der Waals surface area contributed by atoms with E-state index in [1.165, 1.54) is 134 Å².